The molecule has 3 N–H and O–H groups in total. The van der Waals surface area contributed by atoms with Gasteiger partial charge < -0.3 is 25.1 Å². The Labute approximate surface area is 160 Å². The minimum Gasteiger partial charge on any atom is -0.490 e. The second kappa shape index (κ2) is 9.85. The number of furan rings is 1. The number of para-hydroxylation sites is 1. The van der Waals surface area contributed by atoms with Crippen molar-refractivity contribution in [2.75, 3.05) is 26.7 Å². The van der Waals surface area contributed by atoms with Crippen LogP contribution in [0.25, 0.3) is 11.0 Å². The molecule has 2 aromatic rings. The number of amides is 1. The molecule has 7 heteroatoms. The Hall–Kier alpha value is -2.70. The third-order valence-corrected chi connectivity index (χ3v) is 4.07. The van der Waals surface area contributed by atoms with Gasteiger partial charge in [-0.05, 0) is 26.0 Å². The number of carbonyl (C=O) groups is 1. The van der Waals surface area contributed by atoms with Crippen LogP contribution in [0.4, 0.5) is 0 Å². The number of benzene rings is 1. The first-order valence-corrected chi connectivity index (χ1v) is 9.36. The van der Waals surface area contributed by atoms with E-state index in [1.54, 1.807) is 7.05 Å². The first kappa shape index (κ1) is 20.6. The van der Waals surface area contributed by atoms with Gasteiger partial charge in [-0.3, -0.25) is 9.79 Å². The predicted octanol–water partition coefficient (Wildman–Crippen LogP) is 2.83. The van der Waals surface area contributed by atoms with Crippen LogP contribution in [0, 0.1) is 5.92 Å². The lowest BCUT2D eigenvalue weighted by atomic mass is 10.2. The summed E-state index contributed by atoms with van der Waals surface area (Å²) in [5, 5.41) is 10.4. The van der Waals surface area contributed by atoms with Crippen LogP contribution in [0.2, 0.25) is 0 Å². The van der Waals surface area contributed by atoms with E-state index in [-0.39, 0.29) is 17.9 Å². The van der Waals surface area contributed by atoms with Crippen LogP contribution in [-0.4, -0.2) is 38.6 Å². The molecule has 1 atom stereocenters. The van der Waals surface area contributed by atoms with Crippen molar-refractivity contribution in [2.45, 2.75) is 33.7 Å². The number of rotatable bonds is 8. The summed E-state index contributed by atoms with van der Waals surface area (Å²) in [5.74, 6) is 2.22. The van der Waals surface area contributed by atoms with Crippen molar-refractivity contribution in [1.29, 1.82) is 0 Å². The van der Waals surface area contributed by atoms with E-state index in [0.29, 0.717) is 25.7 Å². The van der Waals surface area contributed by atoms with Crippen LogP contribution >= 0.6 is 0 Å². The van der Waals surface area contributed by atoms with Gasteiger partial charge in [0.15, 0.2) is 17.3 Å². The SMILES string of the molecule is CCOc1cccc2cc(C(C)NC(=NC)NCCNC(=O)C(C)C)oc12. The van der Waals surface area contributed by atoms with Gasteiger partial charge in [0.1, 0.15) is 5.76 Å². The summed E-state index contributed by atoms with van der Waals surface area (Å²) in [7, 11) is 1.71. The third-order valence-electron chi connectivity index (χ3n) is 4.07. The highest BCUT2D eigenvalue weighted by molar-refractivity contribution is 5.84. The zero-order chi connectivity index (χ0) is 19.8. The summed E-state index contributed by atoms with van der Waals surface area (Å²) in [6.07, 6.45) is 0. The lowest BCUT2D eigenvalue weighted by molar-refractivity contribution is -0.123. The summed E-state index contributed by atoms with van der Waals surface area (Å²) < 4.78 is 11.6. The van der Waals surface area contributed by atoms with Gasteiger partial charge in [-0.1, -0.05) is 26.0 Å². The second-order valence-corrected chi connectivity index (χ2v) is 6.57. The fourth-order valence-corrected chi connectivity index (χ4v) is 2.58. The average molecular weight is 374 g/mol. The molecule has 1 heterocycles. The topological polar surface area (TPSA) is 87.9 Å². The number of fused-ring (bicyclic) bond motifs is 1. The van der Waals surface area contributed by atoms with E-state index in [9.17, 15) is 4.79 Å². The second-order valence-electron chi connectivity index (χ2n) is 6.57. The van der Waals surface area contributed by atoms with E-state index in [4.69, 9.17) is 9.15 Å². The molecule has 1 amide bonds. The Morgan fingerprint density at radius 1 is 1.22 bits per heavy atom. The van der Waals surface area contributed by atoms with E-state index >= 15 is 0 Å². The molecule has 0 fully saturated rings. The summed E-state index contributed by atoms with van der Waals surface area (Å²) in [5.41, 5.74) is 0.752. The number of nitrogens with zero attached hydrogens (tertiary/aromatic N) is 1. The number of carbonyl (C=O) groups excluding carboxylic acids is 1. The Balaban J connectivity index is 1.94. The average Bonchev–Trinajstić information content (AvgIpc) is 3.09. The molecule has 27 heavy (non-hydrogen) atoms. The molecule has 0 radical (unpaired) electrons. The van der Waals surface area contributed by atoms with E-state index in [1.807, 2.05) is 52.0 Å². The Morgan fingerprint density at radius 2 is 1.96 bits per heavy atom. The first-order valence-electron chi connectivity index (χ1n) is 9.36. The van der Waals surface area contributed by atoms with Crippen molar-refractivity contribution in [3.8, 4) is 5.75 Å². The minimum absolute atomic E-state index is 0.0166. The maximum atomic E-state index is 11.6. The predicted molar refractivity (Wildman–Crippen MR) is 108 cm³/mol. The molecule has 1 aromatic carbocycles. The van der Waals surface area contributed by atoms with Crippen LogP contribution in [0.15, 0.2) is 33.7 Å². The fourth-order valence-electron chi connectivity index (χ4n) is 2.58. The Bertz CT molecular complexity index is 783. The van der Waals surface area contributed by atoms with Gasteiger partial charge in [0, 0.05) is 31.4 Å². The largest absolute Gasteiger partial charge is 0.490 e. The highest BCUT2D eigenvalue weighted by Gasteiger charge is 2.15. The molecular weight excluding hydrogens is 344 g/mol. The molecule has 0 aliphatic heterocycles. The molecule has 0 spiro atoms. The number of nitrogens with one attached hydrogen (secondary N) is 3. The van der Waals surface area contributed by atoms with Crippen molar-refractivity contribution in [1.82, 2.24) is 16.0 Å². The number of hydrogen-bond donors (Lipinski definition) is 3. The van der Waals surface area contributed by atoms with Crippen molar-refractivity contribution >= 4 is 22.8 Å². The molecule has 0 aliphatic rings. The monoisotopic (exact) mass is 374 g/mol. The maximum absolute atomic E-state index is 11.6. The van der Waals surface area contributed by atoms with Crippen LogP contribution < -0.4 is 20.7 Å². The molecular formula is C20H30N4O3. The van der Waals surface area contributed by atoms with Gasteiger partial charge in [-0.15, -0.1) is 0 Å². The molecule has 1 unspecified atom stereocenters. The summed E-state index contributed by atoms with van der Waals surface area (Å²) in [6.45, 7) is 9.41. The highest BCUT2D eigenvalue weighted by Crippen LogP contribution is 2.31. The molecule has 2 rings (SSSR count). The Kier molecular flexibility index (Phi) is 7.52. The van der Waals surface area contributed by atoms with E-state index in [0.717, 1.165) is 22.5 Å². The van der Waals surface area contributed by atoms with Crippen LogP contribution in [0.5, 0.6) is 5.75 Å². The molecule has 1 aromatic heterocycles. The van der Waals surface area contributed by atoms with Crippen LogP contribution in [-0.2, 0) is 4.79 Å². The molecule has 0 bridgehead atoms. The van der Waals surface area contributed by atoms with E-state index in [2.05, 4.69) is 20.9 Å². The lowest BCUT2D eigenvalue weighted by Gasteiger charge is -2.16. The normalized spacial score (nSPS) is 12.9. The molecule has 0 saturated carbocycles. The van der Waals surface area contributed by atoms with Crippen LogP contribution in [0.1, 0.15) is 39.5 Å². The third kappa shape index (κ3) is 5.64. The van der Waals surface area contributed by atoms with Gasteiger partial charge in [-0.2, -0.15) is 0 Å². The van der Waals surface area contributed by atoms with Crippen molar-refractivity contribution in [3.05, 3.63) is 30.0 Å². The van der Waals surface area contributed by atoms with Gasteiger partial charge in [0.05, 0.1) is 12.6 Å². The zero-order valence-corrected chi connectivity index (χ0v) is 16.8. The van der Waals surface area contributed by atoms with Gasteiger partial charge >= 0.3 is 0 Å². The zero-order valence-electron chi connectivity index (χ0n) is 16.8. The quantitative estimate of drug-likeness (QED) is 0.376. The summed E-state index contributed by atoms with van der Waals surface area (Å²) >= 11 is 0. The first-order chi connectivity index (χ1) is 13.0. The summed E-state index contributed by atoms with van der Waals surface area (Å²) in [6, 6.07) is 7.79. The smallest absolute Gasteiger partial charge is 0.222 e. The standard InChI is InChI=1S/C20H30N4O3/c1-6-26-16-9-7-8-15-12-17(27-18(15)16)14(4)24-20(21-5)23-11-10-22-19(25)13(2)3/h7-9,12-14H,6,10-11H2,1-5H3,(H,22,25)(H2,21,23,24). The minimum atomic E-state index is -0.0802. The lowest BCUT2D eigenvalue weighted by Crippen LogP contribution is -2.42. The summed E-state index contributed by atoms with van der Waals surface area (Å²) in [4.78, 5) is 15.8. The van der Waals surface area contributed by atoms with Crippen LogP contribution in [0.3, 0.4) is 0 Å². The molecule has 148 valence electrons. The maximum Gasteiger partial charge on any atom is 0.222 e. The number of hydrogen-bond acceptors (Lipinski definition) is 4. The fraction of sp³-hybridized carbons (Fsp3) is 0.500. The van der Waals surface area contributed by atoms with E-state index < -0.39 is 0 Å². The highest BCUT2D eigenvalue weighted by atomic mass is 16.5. The van der Waals surface area contributed by atoms with Gasteiger partial charge in [-0.25, -0.2) is 0 Å². The van der Waals surface area contributed by atoms with Crippen molar-refractivity contribution in [2.24, 2.45) is 10.9 Å². The number of guanidine groups is 1. The van der Waals surface area contributed by atoms with Crippen molar-refractivity contribution < 1.29 is 13.9 Å². The molecule has 7 nitrogen and oxygen atoms in total. The van der Waals surface area contributed by atoms with Gasteiger partial charge in [0.25, 0.3) is 0 Å². The molecule has 0 saturated heterocycles. The van der Waals surface area contributed by atoms with Gasteiger partial charge in [0.2, 0.25) is 5.91 Å². The van der Waals surface area contributed by atoms with Crippen molar-refractivity contribution in [3.63, 3.8) is 0 Å². The number of ether oxygens (including phenoxy) is 1. The Morgan fingerprint density at radius 3 is 2.63 bits per heavy atom. The van der Waals surface area contributed by atoms with E-state index in [1.165, 1.54) is 0 Å². The number of aliphatic imine (C=N–C) groups is 1. The molecule has 0 aliphatic carbocycles.